The smallest absolute Gasteiger partial charge is 0.0737 e. The van der Waals surface area contributed by atoms with Crippen LogP contribution in [-0.2, 0) is 0 Å². The molecular formula is C37H38Cl3N7. The van der Waals surface area contributed by atoms with E-state index in [-0.39, 0.29) is 0 Å². The van der Waals surface area contributed by atoms with Crippen molar-refractivity contribution in [3.8, 4) is 0 Å². The molecule has 0 radical (unpaired) electrons. The van der Waals surface area contributed by atoms with Crippen molar-refractivity contribution in [2.75, 3.05) is 55.2 Å². The first-order chi connectivity index (χ1) is 23.0. The van der Waals surface area contributed by atoms with Crippen molar-refractivity contribution in [1.82, 2.24) is 19.9 Å². The maximum absolute atomic E-state index is 6.18. The highest BCUT2D eigenvalue weighted by molar-refractivity contribution is 6.32. The Morgan fingerprint density at radius 3 is 1.21 bits per heavy atom. The van der Waals surface area contributed by atoms with E-state index in [1.165, 1.54) is 0 Å². The standard InChI is InChI=1S/C37H38Cl3N7/c38-26-5-8-29-32(11-17-44-35(29)23-26)41-14-1-2-20-47(21-3-15-42-33-12-18-45-36-24-27(39)6-9-30(33)36)22-4-16-43-34-13-19-46-37-25-28(40)7-10-31(34)37/h5-13,17-19,23-25H,1-4,14-16,20-22H2,(H,41,44)(H,42,45)(H,43,46). The molecule has 0 saturated heterocycles. The van der Waals surface area contributed by atoms with Crippen molar-refractivity contribution < 1.29 is 0 Å². The molecule has 242 valence electrons. The largest absolute Gasteiger partial charge is 0.384 e. The third-order valence-electron chi connectivity index (χ3n) is 8.26. The van der Waals surface area contributed by atoms with E-state index in [0.717, 1.165) is 115 Å². The normalized spacial score (nSPS) is 11.5. The van der Waals surface area contributed by atoms with Crippen LogP contribution in [0, 0.1) is 0 Å². The number of benzene rings is 3. The lowest BCUT2D eigenvalue weighted by Gasteiger charge is -2.23. The lowest BCUT2D eigenvalue weighted by atomic mass is 10.1. The summed E-state index contributed by atoms with van der Waals surface area (Å²) in [6.07, 6.45) is 9.74. The Balaban J connectivity index is 1.01. The van der Waals surface area contributed by atoms with Gasteiger partial charge in [-0.15, -0.1) is 0 Å². The second kappa shape index (κ2) is 16.3. The van der Waals surface area contributed by atoms with Gasteiger partial charge in [-0.05, 0) is 118 Å². The molecule has 3 aromatic carbocycles. The number of anilines is 3. The highest BCUT2D eigenvalue weighted by atomic mass is 35.5. The van der Waals surface area contributed by atoms with Crippen LogP contribution in [-0.4, -0.2) is 59.1 Å². The predicted molar refractivity (Wildman–Crippen MR) is 201 cm³/mol. The molecule has 0 fully saturated rings. The van der Waals surface area contributed by atoms with Gasteiger partial charge in [0, 0.05) is 86.5 Å². The number of halogens is 3. The van der Waals surface area contributed by atoms with Gasteiger partial charge in [-0.3, -0.25) is 15.0 Å². The predicted octanol–water partition coefficient (Wildman–Crippen LogP) is 9.79. The van der Waals surface area contributed by atoms with Crippen LogP contribution in [0.1, 0.15) is 25.7 Å². The minimum absolute atomic E-state index is 0.697. The van der Waals surface area contributed by atoms with Crippen LogP contribution in [0.25, 0.3) is 32.7 Å². The number of hydrogen-bond acceptors (Lipinski definition) is 7. The summed E-state index contributed by atoms with van der Waals surface area (Å²) in [5.41, 5.74) is 5.98. The first-order valence-electron chi connectivity index (χ1n) is 16.1. The zero-order chi connectivity index (χ0) is 32.4. The fraction of sp³-hybridized carbons (Fsp3) is 0.270. The quantitative estimate of drug-likeness (QED) is 0.0875. The average molecular weight is 687 g/mol. The second-order valence-electron chi connectivity index (χ2n) is 11.6. The number of rotatable bonds is 16. The van der Waals surface area contributed by atoms with E-state index >= 15 is 0 Å². The van der Waals surface area contributed by atoms with Gasteiger partial charge in [0.25, 0.3) is 0 Å². The van der Waals surface area contributed by atoms with E-state index in [4.69, 9.17) is 34.8 Å². The van der Waals surface area contributed by atoms with E-state index in [1.807, 2.05) is 91.4 Å². The first-order valence-corrected chi connectivity index (χ1v) is 17.2. The zero-order valence-electron chi connectivity index (χ0n) is 26.2. The van der Waals surface area contributed by atoms with Crippen LogP contribution >= 0.6 is 34.8 Å². The van der Waals surface area contributed by atoms with Crippen molar-refractivity contribution in [2.45, 2.75) is 25.7 Å². The van der Waals surface area contributed by atoms with E-state index < -0.39 is 0 Å². The van der Waals surface area contributed by atoms with E-state index in [1.54, 1.807) is 0 Å². The second-order valence-corrected chi connectivity index (χ2v) is 12.9. The van der Waals surface area contributed by atoms with Crippen molar-refractivity contribution in [1.29, 1.82) is 0 Å². The number of hydrogen-bond donors (Lipinski definition) is 3. The fourth-order valence-corrected chi connectivity index (χ4v) is 6.40. The lowest BCUT2D eigenvalue weighted by molar-refractivity contribution is 0.267. The third kappa shape index (κ3) is 8.93. The molecule has 6 rings (SSSR count). The first kappa shape index (κ1) is 33.0. The summed E-state index contributed by atoms with van der Waals surface area (Å²) < 4.78 is 0. The number of nitrogens with one attached hydrogen (secondary N) is 3. The van der Waals surface area contributed by atoms with Gasteiger partial charge in [-0.2, -0.15) is 0 Å². The molecule has 3 aromatic heterocycles. The summed E-state index contributed by atoms with van der Waals surface area (Å²) in [4.78, 5) is 16.0. The van der Waals surface area contributed by atoms with Gasteiger partial charge in [0.2, 0.25) is 0 Å². The maximum Gasteiger partial charge on any atom is 0.0737 e. The average Bonchev–Trinajstić information content (AvgIpc) is 3.07. The minimum atomic E-state index is 0.697. The molecular weight excluding hydrogens is 649 g/mol. The molecule has 0 atom stereocenters. The van der Waals surface area contributed by atoms with Crippen LogP contribution in [0.2, 0.25) is 15.1 Å². The molecule has 6 aromatic rings. The van der Waals surface area contributed by atoms with Gasteiger partial charge in [0.1, 0.15) is 0 Å². The SMILES string of the molecule is Clc1ccc2c(NCCCCN(CCCNc3ccnc4cc(Cl)ccc34)CCCNc3ccnc4cc(Cl)ccc34)ccnc2c1. The van der Waals surface area contributed by atoms with Gasteiger partial charge in [0.15, 0.2) is 0 Å². The Morgan fingerprint density at radius 2 is 0.809 bits per heavy atom. The highest BCUT2D eigenvalue weighted by Gasteiger charge is 2.08. The van der Waals surface area contributed by atoms with Crippen molar-refractivity contribution in [3.63, 3.8) is 0 Å². The van der Waals surface area contributed by atoms with Crippen molar-refractivity contribution in [2.24, 2.45) is 0 Å². The molecule has 0 saturated carbocycles. The molecule has 10 heteroatoms. The summed E-state index contributed by atoms with van der Waals surface area (Å²) in [6.45, 7) is 5.73. The summed E-state index contributed by atoms with van der Waals surface area (Å²) in [5.74, 6) is 0. The van der Waals surface area contributed by atoms with E-state index in [9.17, 15) is 0 Å². The summed E-state index contributed by atoms with van der Waals surface area (Å²) in [7, 11) is 0. The molecule has 0 amide bonds. The van der Waals surface area contributed by atoms with Gasteiger partial charge in [-0.1, -0.05) is 34.8 Å². The molecule has 47 heavy (non-hydrogen) atoms. The van der Waals surface area contributed by atoms with Gasteiger partial charge in [0.05, 0.1) is 16.6 Å². The Kier molecular flexibility index (Phi) is 11.5. The van der Waals surface area contributed by atoms with Crippen LogP contribution in [0.15, 0.2) is 91.4 Å². The monoisotopic (exact) mass is 685 g/mol. The number of nitrogens with zero attached hydrogens (tertiary/aromatic N) is 4. The molecule has 3 heterocycles. The molecule has 0 aliphatic rings. The van der Waals surface area contributed by atoms with E-state index in [2.05, 4.69) is 35.8 Å². The molecule has 0 bridgehead atoms. The Morgan fingerprint density at radius 1 is 0.447 bits per heavy atom. The Hall–Kier alpha value is -3.88. The number of pyridine rings is 3. The molecule has 3 N–H and O–H groups in total. The fourth-order valence-electron chi connectivity index (χ4n) is 5.90. The molecule has 0 aliphatic heterocycles. The van der Waals surface area contributed by atoms with Crippen molar-refractivity contribution in [3.05, 3.63) is 106 Å². The Labute approximate surface area is 290 Å². The van der Waals surface area contributed by atoms with Crippen LogP contribution in [0.5, 0.6) is 0 Å². The highest BCUT2D eigenvalue weighted by Crippen LogP contribution is 2.26. The molecule has 7 nitrogen and oxygen atoms in total. The minimum Gasteiger partial charge on any atom is -0.384 e. The molecule has 0 unspecified atom stereocenters. The molecule has 0 aliphatic carbocycles. The topological polar surface area (TPSA) is 78.0 Å². The number of aromatic nitrogens is 3. The lowest BCUT2D eigenvalue weighted by Crippen LogP contribution is -2.30. The van der Waals surface area contributed by atoms with Gasteiger partial charge < -0.3 is 20.9 Å². The Bertz CT molecular complexity index is 1860. The van der Waals surface area contributed by atoms with E-state index in [0.29, 0.717) is 15.1 Å². The zero-order valence-corrected chi connectivity index (χ0v) is 28.4. The van der Waals surface area contributed by atoms with Crippen LogP contribution in [0.3, 0.4) is 0 Å². The van der Waals surface area contributed by atoms with Gasteiger partial charge in [-0.25, -0.2) is 0 Å². The third-order valence-corrected chi connectivity index (χ3v) is 8.97. The molecule has 0 spiro atoms. The van der Waals surface area contributed by atoms with Crippen LogP contribution < -0.4 is 16.0 Å². The van der Waals surface area contributed by atoms with Crippen LogP contribution in [0.4, 0.5) is 17.1 Å². The summed E-state index contributed by atoms with van der Waals surface area (Å²) >= 11 is 18.5. The van der Waals surface area contributed by atoms with Crippen molar-refractivity contribution >= 4 is 84.6 Å². The number of fused-ring (bicyclic) bond motifs is 3. The maximum atomic E-state index is 6.18. The summed E-state index contributed by atoms with van der Waals surface area (Å²) in [6, 6.07) is 23.7. The summed E-state index contributed by atoms with van der Waals surface area (Å²) in [5, 5.41) is 16.2. The van der Waals surface area contributed by atoms with Gasteiger partial charge >= 0.3 is 0 Å². The number of unbranched alkanes of at least 4 members (excludes halogenated alkanes) is 1.